The largest absolute Gasteiger partial charge is 0.308 e. The Morgan fingerprint density at radius 1 is 0.750 bits per heavy atom. The summed E-state index contributed by atoms with van der Waals surface area (Å²) in [5, 5.41) is 20.4. The van der Waals surface area contributed by atoms with Crippen LogP contribution >= 0.6 is 12.6 Å². The molecule has 4 aromatic rings. The number of nitrogens with zero attached hydrogens (tertiary/aromatic N) is 3. The van der Waals surface area contributed by atoms with E-state index in [0.717, 1.165) is 32.4 Å². The first-order chi connectivity index (χ1) is 11.7. The molecule has 0 saturated carbocycles. The Kier molecular flexibility index (Phi) is 3.27. The molecule has 0 atom stereocenters. The summed E-state index contributed by atoms with van der Waals surface area (Å²) in [5.74, 6) is 0. The molecule has 112 valence electrons. The number of hydrogen-bond donors (Lipinski definition) is 1. The molecule has 0 bridgehead atoms. The van der Waals surface area contributed by atoms with E-state index in [1.165, 1.54) is 0 Å². The highest BCUT2D eigenvalue weighted by Crippen LogP contribution is 2.34. The van der Waals surface area contributed by atoms with Crippen LogP contribution in [0.3, 0.4) is 0 Å². The van der Waals surface area contributed by atoms with E-state index in [4.69, 9.17) is 5.26 Å². The summed E-state index contributed by atoms with van der Waals surface area (Å²) in [7, 11) is 0. The lowest BCUT2D eigenvalue weighted by Crippen LogP contribution is -1.96. The molecule has 0 aliphatic heterocycles. The van der Waals surface area contributed by atoms with Gasteiger partial charge in [-0.05, 0) is 42.5 Å². The van der Waals surface area contributed by atoms with Gasteiger partial charge >= 0.3 is 0 Å². The van der Waals surface area contributed by atoms with Crippen LogP contribution in [-0.4, -0.2) is 4.57 Å². The SMILES string of the molecule is N#Cc1ccc(-n2c3ccccc3c3cc(C#N)ccc32)c(S)c1. The Bertz CT molecular complexity index is 1190. The summed E-state index contributed by atoms with van der Waals surface area (Å²) in [6, 6.07) is 23.6. The third kappa shape index (κ3) is 2.06. The molecule has 0 aliphatic carbocycles. The summed E-state index contributed by atoms with van der Waals surface area (Å²) in [6.07, 6.45) is 0. The molecule has 1 heterocycles. The minimum absolute atomic E-state index is 0.580. The average Bonchev–Trinajstić information content (AvgIpc) is 2.95. The van der Waals surface area contributed by atoms with Gasteiger partial charge in [-0.3, -0.25) is 0 Å². The van der Waals surface area contributed by atoms with E-state index >= 15 is 0 Å². The van der Waals surface area contributed by atoms with Crippen molar-refractivity contribution in [3.05, 3.63) is 71.8 Å². The van der Waals surface area contributed by atoms with Gasteiger partial charge in [0.2, 0.25) is 0 Å². The fraction of sp³-hybridized carbons (Fsp3) is 0. The first kappa shape index (κ1) is 14.4. The Morgan fingerprint density at radius 2 is 1.42 bits per heavy atom. The van der Waals surface area contributed by atoms with Gasteiger partial charge in [0, 0.05) is 15.7 Å². The van der Waals surface area contributed by atoms with Gasteiger partial charge in [-0.2, -0.15) is 10.5 Å². The molecular weight excluding hydrogens is 314 g/mol. The smallest absolute Gasteiger partial charge is 0.0992 e. The number of nitriles is 2. The topological polar surface area (TPSA) is 52.5 Å². The Morgan fingerprint density at radius 3 is 2.17 bits per heavy atom. The highest BCUT2D eigenvalue weighted by atomic mass is 32.1. The molecule has 3 aromatic carbocycles. The third-order valence-corrected chi connectivity index (χ3v) is 4.51. The van der Waals surface area contributed by atoms with E-state index in [0.29, 0.717) is 11.1 Å². The number of benzene rings is 3. The summed E-state index contributed by atoms with van der Waals surface area (Å²) >= 11 is 4.57. The van der Waals surface area contributed by atoms with Crippen molar-refractivity contribution in [2.24, 2.45) is 0 Å². The van der Waals surface area contributed by atoms with E-state index in [-0.39, 0.29) is 0 Å². The molecule has 24 heavy (non-hydrogen) atoms. The predicted octanol–water partition coefficient (Wildman–Crippen LogP) is 4.82. The van der Waals surface area contributed by atoms with Crippen LogP contribution in [0.2, 0.25) is 0 Å². The zero-order valence-corrected chi connectivity index (χ0v) is 13.5. The third-order valence-electron chi connectivity index (χ3n) is 4.15. The molecular formula is C20H11N3S. The molecule has 0 N–H and O–H groups in total. The predicted molar refractivity (Wildman–Crippen MR) is 97.5 cm³/mol. The van der Waals surface area contributed by atoms with Gasteiger partial charge in [0.1, 0.15) is 0 Å². The quantitative estimate of drug-likeness (QED) is 0.510. The maximum atomic E-state index is 9.20. The van der Waals surface area contributed by atoms with Gasteiger partial charge in [0.15, 0.2) is 0 Å². The number of thiol groups is 1. The molecule has 0 spiro atoms. The summed E-state index contributed by atoms with van der Waals surface area (Å²) in [6.45, 7) is 0. The molecule has 0 saturated heterocycles. The van der Waals surface area contributed by atoms with Crippen molar-refractivity contribution in [1.29, 1.82) is 10.5 Å². The van der Waals surface area contributed by atoms with Crippen LogP contribution in [0.25, 0.3) is 27.5 Å². The Balaban J connectivity index is 2.15. The van der Waals surface area contributed by atoms with Gasteiger partial charge in [0.25, 0.3) is 0 Å². The summed E-state index contributed by atoms with van der Waals surface area (Å²) in [5.41, 5.74) is 4.18. The van der Waals surface area contributed by atoms with Crippen molar-refractivity contribution < 1.29 is 0 Å². The molecule has 1 aromatic heterocycles. The standard InChI is InChI=1S/C20H11N3S/c21-11-13-5-7-18-16(9-13)15-3-1-2-4-17(15)23(18)19-8-6-14(12-22)10-20(19)24/h1-10,24H. The average molecular weight is 325 g/mol. The number of hydrogen-bond acceptors (Lipinski definition) is 3. The van der Waals surface area contributed by atoms with Crippen LogP contribution in [0.1, 0.15) is 11.1 Å². The van der Waals surface area contributed by atoms with Crippen LogP contribution in [0.4, 0.5) is 0 Å². The molecule has 0 radical (unpaired) electrons. The van der Waals surface area contributed by atoms with E-state index in [1.54, 1.807) is 12.1 Å². The minimum Gasteiger partial charge on any atom is -0.308 e. The lowest BCUT2D eigenvalue weighted by atomic mass is 10.1. The Hall–Kier alpha value is -3.21. The number of rotatable bonds is 1. The van der Waals surface area contributed by atoms with Gasteiger partial charge in [0.05, 0.1) is 40.0 Å². The molecule has 3 nitrogen and oxygen atoms in total. The maximum Gasteiger partial charge on any atom is 0.0992 e. The first-order valence-electron chi connectivity index (χ1n) is 7.40. The second kappa shape index (κ2) is 5.45. The fourth-order valence-electron chi connectivity index (χ4n) is 3.08. The molecule has 4 heteroatoms. The normalized spacial score (nSPS) is 10.6. The second-order valence-electron chi connectivity index (χ2n) is 5.51. The first-order valence-corrected chi connectivity index (χ1v) is 7.84. The van der Waals surface area contributed by atoms with Crippen molar-refractivity contribution >= 4 is 34.4 Å². The Labute approximate surface area is 144 Å². The van der Waals surface area contributed by atoms with Crippen molar-refractivity contribution in [2.75, 3.05) is 0 Å². The van der Waals surface area contributed by atoms with Crippen molar-refractivity contribution in [3.8, 4) is 17.8 Å². The van der Waals surface area contributed by atoms with Gasteiger partial charge in [-0.15, -0.1) is 12.6 Å². The van der Waals surface area contributed by atoms with Gasteiger partial charge < -0.3 is 4.57 Å². The van der Waals surface area contributed by atoms with Crippen LogP contribution in [0.15, 0.2) is 65.6 Å². The number of fused-ring (bicyclic) bond motifs is 3. The molecule has 0 unspecified atom stereocenters. The van der Waals surface area contributed by atoms with Crippen LogP contribution in [0.5, 0.6) is 0 Å². The monoisotopic (exact) mass is 325 g/mol. The van der Waals surface area contributed by atoms with Crippen molar-refractivity contribution in [3.63, 3.8) is 0 Å². The van der Waals surface area contributed by atoms with Gasteiger partial charge in [-0.25, -0.2) is 0 Å². The minimum atomic E-state index is 0.580. The maximum absolute atomic E-state index is 9.20. The van der Waals surface area contributed by atoms with Crippen molar-refractivity contribution in [2.45, 2.75) is 4.90 Å². The van der Waals surface area contributed by atoms with Crippen LogP contribution < -0.4 is 0 Å². The zero-order valence-electron chi connectivity index (χ0n) is 12.6. The number of para-hydroxylation sites is 1. The number of aromatic nitrogens is 1. The zero-order chi connectivity index (χ0) is 16.7. The summed E-state index contributed by atoms with van der Waals surface area (Å²) < 4.78 is 2.12. The lowest BCUT2D eigenvalue weighted by Gasteiger charge is -2.10. The second-order valence-corrected chi connectivity index (χ2v) is 5.99. The van der Waals surface area contributed by atoms with Crippen molar-refractivity contribution in [1.82, 2.24) is 4.57 Å². The highest BCUT2D eigenvalue weighted by molar-refractivity contribution is 7.80. The molecule has 0 fully saturated rings. The van der Waals surface area contributed by atoms with E-state index in [1.807, 2.05) is 42.5 Å². The molecule has 4 rings (SSSR count). The lowest BCUT2D eigenvalue weighted by molar-refractivity contribution is 1.12. The van der Waals surface area contributed by atoms with Gasteiger partial charge in [-0.1, -0.05) is 18.2 Å². The van der Waals surface area contributed by atoms with E-state index in [9.17, 15) is 5.26 Å². The highest BCUT2D eigenvalue weighted by Gasteiger charge is 2.14. The summed E-state index contributed by atoms with van der Waals surface area (Å²) in [4.78, 5) is 0.737. The van der Waals surface area contributed by atoms with E-state index < -0.39 is 0 Å². The molecule has 0 aliphatic rings. The van der Waals surface area contributed by atoms with E-state index in [2.05, 4.69) is 35.4 Å². The molecule has 0 amide bonds. The van der Waals surface area contributed by atoms with Crippen LogP contribution in [-0.2, 0) is 0 Å². The van der Waals surface area contributed by atoms with Crippen LogP contribution in [0, 0.1) is 22.7 Å². The fourth-order valence-corrected chi connectivity index (χ4v) is 3.40.